The third-order valence-corrected chi connectivity index (χ3v) is 3.65. The minimum Gasteiger partial charge on any atom is -0.392 e. The molecule has 0 radical (unpaired) electrons. The fraction of sp³-hybridized carbons (Fsp3) is 0.462. The van der Waals surface area contributed by atoms with Gasteiger partial charge >= 0.3 is 0 Å². The molecule has 0 aromatic heterocycles. The first-order valence-corrected chi connectivity index (χ1v) is 5.59. The van der Waals surface area contributed by atoms with Crippen LogP contribution in [0.1, 0.15) is 25.8 Å². The number of aliphatic hydroxyl groups excluding tert-OH is 1. The Labute approximate surface area is 99.9 Å². The standard InChI is InChI=1S/C13H15FN2O/c1-13(2)11(6-12(13)17)16-10-4-3-9(14)5-8(10)7-15/h3-5,11-12,16-17H,6H2,1-2H3/t11-,12+/m0/s1. The molecule has 1 aliphatic rings. The molecule has 0 aliphatic heterocycles. The molecule has 1 fully saturated rings. The molecule has 0 heterocycles. The van der Waals surface area contributed by atoms with Crippen LogP contribution in [0.25, 0.3) is 0 Å². The summed E-state index contributed by atoms with van der Waals surface area (Å²) < 4.78 is 13.0. The Hall–Kier alpha value is -1.60. The lowest BCUT2D eigenvalue weighted by atomic mass is 9.64. The molecule has 4 heteroatoms. The zero-order valence-corrected chi connectivity index (χ0v) is 9.87. The van der Waals surface area contributed by atoms with E-state index in [2.05, 4.69) is 5.32 Å². The largest absolute Gasteiger partial charge is 0.392 e. The number of aliphatic hydroxyl groups is 1. The van der Waals surface area contributed by atoms with Crippen molar-refractivity contribution in [1.82, 2.24) is 0 Å². The van der Waals surface area contributed by atoms with Crippen LogP contribution in [0.2, 0.25) is 0 Å². The van der Waals surface area contributed by atoms with Crippen molar-refractivity contribution in [3.8, 4) is 6.07 Å². The van der Waals surface area contributed by atoms with Crippen LogP contribution in [-0.4, -0.2) is 17.3 Å². The van der Waals surface area contributed by atoms with E-state index in [9.17, 15) is 9.50 Å². The van der Waals surface area contributed by atoms with Gasteiger partial charge in [-0.3, -0.25) is 0 Å². The van der Waals surface area contributed by atoms with Crippen LogP contribution in [-0.2, 0) is 0 Å². The molecule has 2 atom stereocenters. The van der Waals surface area contributed by atoms with Crippen LogP contribution in [0, 0.1) is 22.6 Å². The van der Waals surface area contributed by atoms with Crippen LogP contribution >= 0.6 is 0 Å². The van der Waals surface area contributed by atoms with E-state index in [0.717, 1.165) is 0 Å². The number of halogens is 1. The van der Waals surface area contributed by atoms with E-state index in [-0.39, 0.29) is 17.6 Å². The fourth-order valence-corrected chi connectivity index (χ4v) is 2.07. The van der Waals surface area contributed by atoms with E-state index < -0.39 is 5.82 Å². The molecule has 1 aromatic carbocycles. The highest BCUT2D eigenvalue weighted by Gasteiger charge is 2.47. The fourth-order valence-electron chi connectivity index (χ4n) is 2.07. The van der Waals surface area contributed by atoms with Crippen LogP contribution in [0.4, 0.5) is 10.1 Å². The van der Waals surface area contributed by atoms with E-state index in [1.165, 1.54) is 12.1 Å². The second-order valence-electron chi connectivity index (χ2n) is 5.07. The minimum atomic E-state index is -0.417. The quantitative estimate of drug-likeness (QED) is 0.825. The zero-order chi connectivity index (χ0) is 12.6. The Balaban J connectivity index is 2.18. The molecule has 1 aliphatic carbocycles. The lowest BCUT2D eigenvalue weighted by Gasteiger charge is -2.50. The van der Waals surface area contributed by atoms with Gasteiger partial charge in [-0.1, -0.05) is 13.8 Å². The van der Waals surface area contributed by atoms with Gasteiger partial charge in [0, 0.05) is 11.5 Å². The highest BCUT2D eigenvalue weighted by Crippen LogP contribution is 2.42. The van der Waals surface area contributed by atoms with Crippen molar-refractivity contribution in [1.29, 1.82) is 5.26 Å². The second kappa shape index (κ2) is 4.01. The lowest BCUT2D eigenvalue weighted by molar-refractivity contribution is -0.0510. The van der Waals surface area contributed by atoms with Crippen molar-refractivity contribution in [2.24, 2.45) is 5.41 Å². The summed E-state index contributed by atoms with van der Waals surface area (Å²) in [6.07, 6.45) is 0.320. The number of nitrogens with one attached hydrogen (secondary N) is 1. The first-order valence-electron chi connectivity index (χ1n) is 5.59. The highest BCUT2D eigenvalue weighted by molar-refractivity contribution is 5.58. The molecule has 0 spiro atoms. The smallest absolute Gasteiger partial charge is 0.124 e. The summed E-state index contributed by atoms with van der Waals surface area (Å²) in [5, 5.41) is 21.7. The van der Waals surface area contributed by atoms with Crippen molar-refractivity contribution in [3.05, 3.63) is 29.6 Å². The summed E-state index contributed by atoms with van der Waals surface area (Å²) in [4.78, 5) is 0. The van der Waals surface area contributed by atoms with Crippen molar-refractivity contribution in [3.63, 3.8) is 0 Å². The molecule has 1 aromatic rings. The van der Waals surface area contributed by atoms with Crippen LogP contribution in [0.15, 0.2) is 18.2 Å². The molecule has 0 saturated heterocycles. The summed E-state index contributed by atoms with van der Waals surface area (Å²) >= 11 is 0. The van der Waals surface area contributed by atoms with Crippen LogP contribution in [0.3, 0.4) is 0 Å². The van der Waals surface area contributed by atoms with Gasteiger partial charge in [0.1, 0.15) is 11.9 Å². The normalized spacial score (nSPS) is 25.8. The first-order chi connectivity index (χ1) is 7.95. The minimum absolute atomic E-state index is 0.107. The molecule has 0 bridgehead atoms. The average Bonchev–Trinajstić information content (AvgIpc) is 2.30. The monoisotopic (exact) mass is 234 g/mol. The van der Waals surface area contributed by atoms with E-state index in [0.29, 0.717) is 17.7 Å². The van der Waals surface area contributed by atoms with Crippen molar-refractivity contribution >= 4 is 5.69 Å². The van der Waals surface area contributed by atoms with E-state index >= 15 is 0 Å². The van der Waals surface area contributed by atoms with Crippen molar-refractivity contribution in [2.75, 3.05) is 5.32 Å². The topological polar surface area (TPSA) is 56.0 Å². The summed E-state index contributed by atoms with van der Waals surface area (Å²) in [5.74, 6) is -0.417. The third-order valence-electron chi connectivity index (χ3n) is 3.65. The molecule has 3 nitrogen and oxygen atoms in total. The first kappa shape index (κ1) is 11.9. The number of nitrogens with zero attached hydrogens (tertiary/aromatic N) is 1. The number of anilines is 1. The SMILES string of the molecule is CC1(C)[C@H](O)C[C@@H]1Nc1ccc(F)cc1C#N. The van der Waals surface area contributed by atoms with Gasteiger partial charge in [-0.25, -0.2) is 4.39 Å². The molecule has 0 amide bonds. The highest BCUT2D eigenvalue weighted by atomic mass is 19.1. The van der Waals surface area contributed by atoms with Gasteiger partial charge in [0.15, 0.2) is 0 Å². The predicted molar refractivity (Wildman–Crippen MR) is 62.9 cm³/mol. The molecule has 1 saturated carbocycles. The second-order valence-corrected chi connectivity index (χ2v) is 5.07. The Bertz CT molecular complexity index is 479. The summed E-state index contributed by atoms with van der Waals surface area (Å²) in [5.41, 5.74) is 0.697. The maximum atomic E-state index is 13.0. The Morgan fingerprint density at radius 1 is 1.53 bits per heavy atom. The van der Waals surface area contributed by atoms with Crippen molar-refractivity contribution in [2.45, 2.75) is 32.4 Å². The Kier molecular flexibility index (Phi) is 2.80. The van der Waals surface area contributed by atoms with E-state index in [1.54, 1.807) is 6.07 Å². The molecular weight excluding hydrogens is 219 g/mol. The number of hydrogen-bond acceptors (Lipinski definition) is 3. The average molecular weight is 234 g/mol. The molecular formula is C13H15FN2O. The van der Waals surface area contributed by atoms with E-state index in [4.69, 9.17) is 5.26 Å². The maximum Gasteiger partial charge on any atom is 0.124 e. The molecule has 17 heavy (non-hydrogen) atoms. The van der Waals surface area contributed by atoms with Crippen LogP contribution in [0.5, 0.6) is 0 Å². The Morgan fingerprint density at radius 2 is 2.24 bits per heavy atom. The van der Waals surface area contributed by atoms with Gasteiger partial charge < -0.3 is 10.4 Å². The predicted octanol–water partition coefficient (Wildman–Crippen LogP) is 2.27. The van der Waals surface area contributed by atoms with Gasteiger partial charge in [-0.05, 0) is 24.6 Å². The maximum absolute atomic E-state index is 13.0. The van der Waals surface area contributed by atoms with E-state index in [1.807, 2.05) is 19.9 Å². The van der Waals surface area contributed by atoms with Gasteiger partial charge in [-0.2, -0.15) is 5.26 Å². The molecule has 2 rings (SSSR count). The van der Waals surface area contributed by atoms with Gasteiger partial charge in [0.25, 0.3) is 0 Å². The molecule has 0 unspecified atom stereocenters. The number of nitriles is 1. The van der Waals surface area contributed by atoms with Gasteiger partial charge in [0.2, 0.25) is 0 Å². The van der Waals surface area contributed by atoms with Crippen molar-refractivity contribution < 1.29 is 9.50 Å². The summed E-state index contributed by atoms with van der Waals surface area (Å²) in [6, 6.07) is 6.17. The molecule has 2 N–H and O–H groups in total. The van der Waals surface area contributed by atoms with Gasteiger partial charge in [0.05, 0.1) is 17.4 Å². The number of hydrogen-bond donors (Lipinski definition) is 2. The summed E-state index contributed by atoms with van der Waals surface area (Å²) in [7, 11) is 0. The number of benzene rings is 1. The Morgan fingerprint density at radius 3 is 2.76 bits per heavy atom. The zero-order valence-electron chi connectivity index (χ0n) is 9.87. The molecule has 90 valence electrons. The third kappa shape index (κ3) is 1.98. The van der Waals surface area contributed by atoms with Gasteiger partial charge in [-0.15, -0.1) is 0 Å². The lowest BCUT2D eigenvalue weighted by Crippen LogP contribution is -2.56. The number of rotatable bonds is 2. The van der Waals surface area contributed by atoms with Crippen LogP contribution < -0.4 is 5.32 Å². The summed E-state index contributed by atoms with van der Waals surface area (Å²) in [6.45, 7) is 3.93.